The topological polar surface area (TPSA) is 70.6 Å². The van der Waals surface area contributed by atoms with E-state index < -0.39 is 0 Å². The molecular formula is C9H19N3O. The zero-order valence-corrected chi connectivity index (χ0v) is 8.21. The van der Waals surface area contributed by atoms with Crippen LogP contribution in [0.3, 0.4) is 0 Å². The lowest BCUT2D eigenvalue weighted by Crippen LogP contribution is -2.33. The summed E-state index contributed by atoms with van der Waals surface area (Å²) in [5.74, 6) is 0.501. The van der Waals surface area contributed by atoms with E-state index in [-0.39, 0.29) is 12.0 Å². The molecule has 4 N–H and O–H groups in total. The molecule has 0 saturated heterocycles. The van der Waals surface area contributed by atoms with E-state index in [9.17, 15) is 0 Å². The molecule has 1 aliphatic rings. The van der Waals surface area contributed by atoms with E-state index in [2.05, 4.69) is 17.2 Å². The van der Waals surface area contributed by atoms with E-state index in [0.717, 1.165) is 25.8 Å². The van der Waals surface area contributed by atoms with Crippen LogP contribution in [0.4, 0.5) is 0 Å². The summed E-state index contributed by atoms with van der Waals surface area (Å²) in [5.41, 5.74) is 5.67. The third-order valence-electron chi connectivity index (χ3n) is 2.43. The minimum Gasteiger partial charge on any atom is -0.396 e. The van der Waals surface area contributed by atoms with Crippen molar-refractivity contribution in [3.8, 4) is 0 Å². The Morgan fingerprint density at radius 2 is 2.31 bits per heavy atom. The Labute approximate surface area is 79.2 Å². The van der Waals surface area contributed by atoms with Crippen LogP contribution in [0.5, 0.6) is 0 Å². The normalized spacial score (nSPS) is 20.0. The van der Waals surface area contributed by atoms with Gasteiger partial charge in [0.15, 0.2) is 5.96 Å². The number of hydrogen-bond donors (Lipinski definition) is 3. The summed E-state index contributed by atoms with van der Waals surface area (Å²) in [5, 5.41) is 12.0. The molecule has 0 aromatic heterocycles. The van der Waals surface area contributed by atoms with Crippen LogP contribution >= 0.6 is 0 Å². The summed E-state index contributed by atoms with van der Waals surface area (Å²) < 4.78 is 0. The molecule has 1 saturated carbocycles. The molecule has 0 atom stereocenters. The Morgan fingerprint density at radius 3 is 2.77 bits per heavy atom. The second-order valence-electron chi connectivity index (χ2n) is 3.79. The van der Waals surface area contributed by atoms with Gasteiger partial charge in [0.25, 0.3) is 0 Å². The molecule has 4 heteroatoms. The molecule has 0 aromatic rings. The van der Waals surface area contributed by atoms with Gasteiger partial charge in [0.2, 0.25) is 0 Å². The number of aliphatic imine (C=N–C) groups is 1. The maximum absolute atomic E-state index is 9.02. The van der Waals surface area contributed by atoms with Gasteiger partial charge in [0.1, 0.15) is 0 Å². The van der Waals surface area contributed by atoms with Crippen LogP contribution in [-0.2, 0) is 0 Å². The fraction of sp³-hybridized carbons (Fsp3) is 0.889. The fourth-order valence-corrected chi connectivity index (χ4v) is 1.10. The van der Waals surface area contributed by atoms with E-state index in [4.69, 9.17) is 10.8 Å². The van der Waals surface area contributed by atoms with Crippen molar-refractivity contribution < 1.29 is 5.11 Å². The Kier molecular flexibility index (Phi) is 3.54. The number of rotatable bonds is 5. The Bertz CT molecular complexity index is 187. The van der Waals surface area contributed by atoms with Gasteiger partial charge < -0.3 is 16.2 Å². The van der Waals surface area contributed by atoms with Crippen molar-refractivity contribution in [3.63, 3.8) is 0 Å². The molecule has 0 spiro atoms. The molecule has 0 aliphatic heterocycles. The second kappa shape index (κ2) is 4.46. The van der Waals surface area contributed by atoms with Crippen LogP contribution in [-0.4, -0.2) is 30.8 Å². The first-order chi connectivity index (χ1) is 6.22. The van der Waals surface area contributed by atoms with Gasteiger partial charge in [-0.25, -0.2) is 0 Å². The second-order valence-corrected chi connectivity index (χ2v) is 3.79. The minimum atomic E-state index is 0.0680. The van der Waals surface area contributed by atoms with Gasteiger partial charge >= 0.3 is 0 Å². The number of aliphatic hydroxyl groups is 1. The van der Waals surface area contributed by atoms with Crippen molar-refractivity contribution >= 4 is 5.96 Å². The zero-order chi connectivity index (χ0) is 9.73. The van der Waals surface area contributed by atoms with Gasteiger partial charge in [-0.2, -0.15) is 0 Å². The van der Waals surface area contributed by atoms with E-state index in [1.54, 1.807) is 0 Å². The first-order valence-electron chi connectivity index (χ1n) is 4.87. The Hall–Kier alpha value is -0.770. The van der Waals surface area contributed by atoms with Crippen molar-refractivity contribution in [1.82, 2.24) is 5.32 Å². The first kappa shape index (κ1) is 10.3. The summed E-state index contributed by atoms with van der Waals surface area (Å²) in [6.45, 7) is 3.83. The number of aliphatic hydroxyl groups excluding tert-OH is 1. The maximum Gasteiger partial charge on any atom is 0.188 e. The summed E-state index contributed by atoms with van der Waals surface area (Å²) in [4.78, 5) is 4.19. The lowest BCUT2D eigenvalue weighted by atomic mass is 10.1. The van der Waals surface area contributed by atoms with Crippen LogP contribution in [0.2, 0.25) is 0 Å². The van der Waals surface area contributed by atoms with Gasteiger partial charge in [-0.1, -0.05) is 6.92 Å². The monoisotopic (exact) mass is 185 g/mol. The summed E-state index contributed by atoms with van der Waals surface area (Å²) in [7, 11) is 0. The minimum absolute atomic E-state index is 0.0680. The Balaban J connectivity index is 2.22. The molecule has 1 aliphatic carbocycles. The predicted molar refractivity (Wildman–Crippen MR) is 53.5 cm³/mol. The number of guanidine groups is 1. The van der Waals surface area contributed by atoms with E-state index in [0.29, 0.717) is 12.5 Å². The van der Waals surface area contributed by atoms with Crippen LogP contribution in [0, 0.1) is 5.41 Å². The quantitative estimate of drug-likeness (QED) is 0.419. The van der Waals surface area contributed by atoms with Crippen LogP contribution < -0.4 is 11.1 Å². The SMILES string of the molecule is CCCNC(N)=NCC1(CO)CC1. The molecule has 0 radical (unpaired) electrons. The van der Waals surface area contributed by atoms with Crippen LogP contribution in [0.25, 0.3) is 0 Å². The lowest BCUT2D eigenvalue weighted by molar-refractivity contribution is 0.217. The van der Waals surface area contributed by atoms with Crippen molar-refractivity contribution in [2.24, 2.45) is 16.1 Å². The summed E-state index contributed by atoms with van der Waals surface area (Å²) in [6.07, 6.45) is 3.20. The smallest absolute Gasteiger partial charge is 0.188 e. The van der Waals surface area contributed by atoms with E-state index in [1.165, 1.54) is 0 Å². The number of hydrogen-bond acceptors (Lipinski definition) is 2. The number of nitrogens with two attached hydrogens (primary N) is 1. The standard InChI is InChI=1S/C9H19N3O/c1-2-5-11-8(10)12-6-9(7-13)3-4-9/h13H,2-7H2,1H3,(H3,10,11,12). The highest BCUT2D eigenvalue weighted by Crippen LogP contribution is 2.45. The average molecular weight is 185 g/mol. The lowest BCUT2D eigenvalue weighted by Gasteiger charge is -2.08. The van der Waals surface area contributed by atoms with Crippen molar-refractivity contribution in [2.75, 3.05) is 19.7 Å². The maximum atomic E-state index is 9.02. The average Bonchev–Trinajstić information content (AvgIpc) is 2.92. The summed E-state index contributed by atoms with van der Waals surface area (Å²) in [6, 6.07) is 0. The molecule has 0 unspecified atom stereocenters. The van der Waals surface area contributed by atoms with Gasteiger partial charge in [-0.3, -0.25) is 4.99 Å². The fourth-order valence-electron chi connectivity index (χ4n) is 1.10. The predicted octanol–water partition coefficient (Wildman–Crippen LogP) is 0.0732. The van der Waals surface area contributed by atoms with Gasteiger partial charge in [0.05, 0.1) is 13.2 Å². The zero-order valence-electron chi connectivity index (χ0n) is 8.21. The largest absolute Gasteiger partial charge is 0.396 e. The first-order valence-corrected chi connectivity index (χ1v) is 4.87. The molecule has 76 valence electrons. The molecular weight excluding hydrogens is 166 g/mol. The number of nitrogens with one attached hydrogen (secondary N) is 1. The molecule has 0 amide bonds. The highest BCUT2D eigenvalue weighted by molar-refractivity contribution is 5.77. The molecule has 1 fully saturated rings. The highest BCUT2D eigenvalue weighted by Gasteiger charge is 2.41. The van der Waals surface area contributed by atoms with Crippen molar-refractivity contribution in [2.45, 2.75) is 26.2 Å². The third kappa shape index (κ3) is 3.22. The third-order valence-corrected chi connectivity index (χ3v) is 2.43. The highest BCUT2D eigenvalue weighted by atomic mass is 16.3. The summed E-state index contributed by atoms with van der Waals surface area (Å²) >= 11 is 0. The van der Waals surface area contributed by atoms with E-state index >= 15 is 0 Å². The van der Waals surface area contributed by atoms with Crippen LogP contribution in [0.15, 0.2) is 4.99 Å². The molecule has 1 rings (SSSR count). The van der Waals surface area contributed by atoms with Gasteiger partial charge in [-0.15, -0.1) is 0 Å². The van der Waals surface area contributed by atoms with Crippen LogP contribution in [0.1, 0.15) is 26.2 Å². The van der Waals surface area contributed by atoms with Gasteiger partial charge in [0, 0.05) is 12.0 Å². The Morgan fingerprint density at radius 1 is 1.62 bits per heavy atom. The van der Waals surface area contributed by atoms with E-state index in [1.807, 2.05) is 0 Å². The van der Waals surface area contributed by atoms with Crippen molar-refractivity contribution in [3.05, 3.63) is 0 Å². The molecule has 0 bridgehead atoms. The molecule has 0 heterocycles. The number of nitrogens with zero attached hydrogens (tertiary/aromatic N) is 1. The molecule has 4 nitrogen and oxygen atoms in total. The molecule has 0 aromatic carbocycles. The van der Waals surface area contributed by atoms with Gasteiger partial charge in [-0.05, 0) is 19.3 Å². The van der Waals surface area contributed by atoms with Crippen molar-refractivity contribution in [1.29, 1.82) is 0 Å². The molecule has 13 heavy (non-hydrogen) atoms.